The first-order valence-electron chi connectivity index (χ1n) is 8.17. The van der Waals surface area contributed by atoms with Gasteiger partial charge in [0, 0.05) is 18.5 Å². The Labute approximate surface area is 150 Å². The largest absolute Gasteiger partial charge is 0.416 e. The average Bonchev–Trinajstić information content (AvgIpc) is 2.54. The number of hydrogen-bond acceptors (Lipinski definition) is 3. The lowest BCUT2D eigenvalue weighted by Crippen LogP contribution is -2.54. The van der Waals surface area contributed by atoms with Gasteiger partial charge >= 0.3 is 6.18 Å². The number of nitrogens with one attached hydrogen (secondary N) is 2. The fourth-order valence-corrected chi connectivity index (χ4v) is 3.31. The van der Waals surface area contributed by atoms with Gasteiger partial charge in [-0.2, -0.15) is 13.2 Å². The van der Waals surface area contributed by atoms with Crippen LogP contribution in [-0.4, -0.2) is 38.3 Å². The van der Waals surface area contributed by atoms with E-state index in [1.165, 1.54) is 12.1 Å². The predicted octanol–water partition coefficient (Wildman–Crippen LogP) is 2.65. The lowest BCUT2D eigenvalue weighted by Gasteiger charge is -2.43. The van der Waals surface area contributed by atoms with Crippen LogP contribution in [0.25, 0.3) is 0 Å². The first-order valence-corrected chi connectivity index (χ1v) is 8.17. The molecule has 4 nitrogen and oxygen atoms in total. The molecule has 1 amide bonds. The highest BCUT2D eigenvalue weighted by Gasteiger charge is 2.41. The van der Waals surface area contributed by atoms with Gasteiger partial charge < -0.3 is 15.4 Å². The molecule has 0 spiro atoms. The summed E-state index contributed by atoms with van der Waals surface area (Å²) in [6.07, 6.45) is -1.84. The van der Waals surface area contributed by atoms with Gasteiger partial charge in [0.1, 0.15) is 6.04 Å². The normalized spacial score (nSPS) is 22.4. The molecule has 0 radical (unpaired) electrons. The summed E-state index contributed by atoms with van der Waals surface area (Å²) in [5.41, 5.74) is -0.386. The van der Waals surface area contributed by atoms with Crippen LogP contribution in [-0.2, 0) is 21.1 Å². The molecular weight excluding hydrogens is 357 g/mol. The summed E-state index contributed by atoms with van der Waals surface area (Å²) >= 11 is 0. The molecule has 1 unspecified atom stereocenters. The van der Waals surface area contributed by atoms with Gasteiger partial charge in [-0.15, -0.1) is 12.4 Å². The Morgan fingerprint density at radius 2 is 2.12 bits per heavy atom. The van der Waals surface area contributed by atoms with Crippen LogP contribution in [0.15, 0.2) is 24.3 Å². The first kappa shape index (κ1) is 20.0. The number of rotatable bonds is 4. The molecule has 140 valence electrons. The number of morpholine rings is 1. The third-order valence-corrected chi connectivity index (χ3v) is 4.95. The second-order valence-electron chi connectivity index (χ2n) is 6.51. The van der Waals surface area contributed by atoms with Crippen LogP contribution >= 0.6 is 12.4 Å². The number of ether oxygens (including phenoxy) is 1. The molecule has 1 aromatic rings. The second-order valence-corrected chi connectivity index (χ2v) is 6.51. The zero-order chi connectivity index (χ0) is 17.2. The van der Waals surface area contributed by atoms with E-state index in [1.807, 2.05) is 0 Å². The SMILES string of the molecule is Cl.O=C(NCC1(c2cccc(C(F)(F)F)c2)CCC1)C1COCCN1. The highest BCUT2D eigenvalue weighted by atomic mass is 35.5. The van der Waals surface area contributed by atoms with Crippen molar-refractivity contribution in [3.05, 3.63) is 35.4 Å². The number of hydrogen-bond donors (Lipinski definition) is 2. The van der Waals surface area contributed by atoms with Crippen LogP contribution in [0.5, 0.6) is 0 Å². The van der Waals surface area contributed by atoms with Crippen molar-refractivity contribution < 1.29 is 22.7 Å². The molecule has 1 heterocycles. The van der Waals surface area contributed by atoms with Gasteiger partial charge in [0.2, 0.25) is 5.91 Å². The van der Waals surface area contributed by atoms with Crippen molar-refractivity contribution in [3.63, 3.8) is 0 Å². The van der Waals surface area contributed by atoms with E-state index in [0.29, 0.717) is 31.9 Å². The highest BCUT2D eigenvalue weighted by molar-refractivity contribution is 5.85. The van der Waals surface area contributed by atoms with Gasteiger partial charge in [0.05, 0.1) is 18.8 Å². The molecule has 1 saturated carbocycles. The van der Waals surface area contributed by atoms with E-state index in [1.54, 1.807) is 6.07 Å². The summed E-state index contributed by atoms with van der Waals surface area (Å²) in [6, 6.07) is 5.07. The minimum atomic E-state index is -4.35. The zero-order valence-electron chi connectivity index (χ0n) is 13.7. The van der Waals surface area contributed by atoms with E-state index in [9.17, 15) is 18.0 Å². The molecule has 0 bridgehead atoms. The number of alkyl halides is 3. The zero-order valence-corrected chi connectivity index (χ0v) is 14.5. The quantitative estimate of drug-likeness (QED) is 0.847. The smallest absolute Gasteiger partial charge is 0.378 e. The summed E-state index contributed by atoms with van der Waals surface area (Å²) in [5.74, 6) is -0.159. The van der Waals surface area contributed by atoms with Crippen LogP contribution in [0.3, 0.4) is 0 Å². The minimum absolute atomic E-state index is 0. The van der Waals surface area contributed by atoms with Crippen LogP contribution < -0.4 is 10.6 Å². The molecule has 1 aliphatic heterocycles. The third-order valence-electron chi connectivity index (χ3n) is 4.95. The second kappa shape index (κ2) is 7.93. The first-order chi connectivity index (χ1) is 11.4. The lowest BCUT2D eigenvalue weighted by atomic mass is 9.64. The monoisotopic (exact) mass is 378 g/mol. The predicted molar refractivity (Wildman–Crippen MR) is 89.8 cm³/mol. The molecule has 3 rings (SSSR count). The van der Waals surface area contributed by atoms with E-state index >= 15 is 0 Å². The Morgan fingerprint density at radius 3 is 2.68 bits per heavy atom. The summed E-state index contributed by atoms with van der Waals surface area (Å²) < 4.78 is 44.1. The Bertz CT molecular complexity index is 600. The molecule has 2 N–H and O–H groups in total. The maximum Gasteiger partial charge on any atom is 0.416 e. The number of benzene rings is 1. The molecule has 1 aromatic carbocycles. The molecule has 25 heavy (non-hydrogen) atoms. The van der Waals surface area contributed by atoms with Gasteiger partial charge in [-0.1, -0.05) is 24.6 Å². The number of carbonyl (C=O) groups is 1. The van der Waals surface area contributed by atoms with Crippen LogP contribution in [0.2, 0.25) is 0 Å². The van der Waals surface area contributed by atoms with E-state index in [-0.39, 0.29) is 18.3 Å². The molecule has 0 aromatic heterocycles. The van der Waals surface area contributed by atoms with Crippen LogP contribution in [0, 0.1) is 0 Å². The van der Waals surface area contributed by atoms with E-state index in [2.05, 4.69) is 10.6 Å². The molecule has 1 atom stereocenters. The Morgan fingerprint density at radius 1 is 1.36 bits per heavy atom. The maximum atomic E-state index is 12.9. The Balaban J connectivity index is 0.00000225. The van der Waals surface area contributed by atoms with Gasteiger partial charge in [-0.25, -0.2) is 0 Å². The molecule has 2 aliphatic rings. The van der Waals surface area contributed by atoms with Crippen LogP contribution in [0.4, 0.5) is 13.2 Å². The van der Waals surface area contributed by atoms with Crippen LogP contribution in [0.1, 0.15) is 30.4 Å². The summed E-state index contributed by atoms with van der Waals surface area (Å²) in [6.45, 7) is 1.88. The Kier molecular flexibility index (Phi) is 6.35. The number of amides is 1. The standard InChI is InChI=1S/C17H21F3N2O2.ClH/c18-17(19,20)13-4-1-3-12(9-13)16(5-2-6-16)11-22-15(23)14-10-24-8-7-21-14;/h1,3-4,9,14,21H,2,5-8,10-11H2,(H,22,23);1H. The van der Waals surface area contributed by atoms with Gasteiger partial charge in [-0.3, -0.25) is 4.79 Å². The van der Waals surface area contributed by atoms with Crippen molar-refractivity contribution in [3.8, 4) is 0 Å². The van der Waals surface area contributed by atoms with E-state index in [0.717, 1.165) is 25.3 Å². The third kappa shape index (κ3) is 4.46. The molecule has 1 aliphatic carbocycles. The van der Waals surface area contributed by atoms with Crippen molar-refractivity contribution in [2.24, 2.45) is 0 Å². The highest BCUT2D eigenvalue weighted by Crippen LogP contribution is 2.44. The molecule has 8 heteroatoms. The van der Waals surface area contributed by atoms with Crippen molar-refractivity contribution >= 4 is 18.3 Å². The molecule has 1 saturated heterocycles. The van der Waals surface area contributed by atoms with E-state index < -0.39 is 23.2 Å². The molecular formula is C17H22ClF3N2O2. The summed E-state index contributed by atoms with van der Waals surface area (Å²) in [7, 11) is 0. The fourth-order valence-electron chi connectivity index (χ4n) is 3.31. The minimum Gasteiger partial charge on any atom is -0.378 e. The van der Waals surface area contributed by atoms with Gasteiger partial charge in [0.15, 0.2) is 0 Å². The number of carbonyl (C=O) groups excluding carboxylic acids is 1. The van der Waals surface area contributed by atoms with Gasteiger partial charge in [0.25, 0.3) is 0 Å². The van der Waals surface area contributed by atoms with Crippen molar-refractivity contribution in [2.45, 2.75) is 36.9 Å². The molecule has 2 fully saturated rings. The maximum absolute atomic E-state index is 12.9. The van der Waals surface area contributed by atoms with Crippen molar-refractivity contribution in [2.75, 3.05) is 26.3 Å². The lowest BCUT2D eigenvalue weighted by molar-refractivity contribution is -0.137. The number of halogens is 4. The average molecular weight is 379 g/mol. The van der Waals surface area contributed by atoms with Gasteiger partial charge in [-0.05, 0) is 24.5 Å². The topological polar surface area (TPSA) is 50.4 Å². The van der Waals surface area contributed by atoms with E-state index in [4.69, 9.17) is 4.74 Å². The van der Waals surface area contributed by atoms with Crippen molar-refractivity contribution in [1.29, 1.82) is 0 Å². The summed E-state index contributed by atoms with van der Waals surface area (Å²) in [4.78, 5) is 12.2. The van der Waals surface area contributed by atoms with Crippen molar-refractivity contribution in [1.82, 2.24) is 10.6 Å². The Hall–Kier alpha value is -1.31. The fraction of sp³-hybridized carbons (Fsp3) is 0.588. The summed E-state index contributed by atoms with van der Waals surface area (Å²) in [5, 5.41) is 5.96.